The van der Waals surface area contributed by atoms with Gasteiger partial charge in [-0.1, -0.05) is 36.9 Å². The van der Waals surface area contributed by atoms with Crippen LogP contribution < -0.4 is 25.3 Å². The number of benzene rings is 2. The van der Waals surface area contributed by atoms with Gasteiger partial charge in [0.05, 0.1) is 36.8 Å². The summed E-state index contributed by atoms with van der Waals surface area (Å²) in [5.74, 6) is 1.30. The zero-order chi connectivity index (χ0) is 27.1. The Morgan fingerprint density at radius 2 is 1.97 bits per heavy atom. The molecule has 4 rings (SSSR count). The molecule has 2 heterocycles. The minimum atomic E-state index is -0.306. The van der Waals surface area contributed by atoms with E-state index >= 15 is 0 Å². The van der Waals surface area contributed by atoms with Crippen LogP contribution in [-0.2, 0) is 9.63 Å². The number of methoxy groups -OCH3 is 1. The van der Waals surface area contributed by atoms with E-state index in [1.807, 2.05) is 62.6 Å². The van der Waals surface area contributed by atoms with Crippen LogP contribution >= 0.6 is 0 Å². The quantitative estimate of drug-likeness (QED) is 0.362. The highest BCUT2D eigenvalue weighted by Crippen LogP contribution is 2.39. The number of hydroxylamine groups is 1. The highest BCUT2D eigenvalue weighted by atomic mass is 16.7. The van der Waals surface area contributed by atoms with Gasteiger partial charge in [-0.15, -0.1) is 0 Å². The summed E-state index contributed by atoms with van der Waals surface area (Å²) in [5.41, 5.74) is 3.20. The van der Waals surface area contributed by atoms with Crippen LogP contribution in [0.25, 0.3) is 0 Å². The summed E-state index contributed by atoms with van der Waals surface area (Å²) in [6, 6.07) is 15.8. The third-order valence-electron chi connectivity index (χ3n) is 6.26. The maximum Gasteiger partial charge on any atom is 0.247 e. The number of aromatic nitrogens is 2. The first-order chi connectivity index (χ1) is 18.4. The average Bonchev–Trinajstić information content (AvgIpc) is 3.42. The highest BCUT2D eigenvalue weighted by molar-refractivity contribution is 6.02. The number of nitrogens with zero attached hydrogens (tertiary/aromatic N) is 5. The molecule has 2 aromatic carbocycles. The van der Waals surface area contributed by atoms with Crippen LogP contribution in [0.1, 0.15) is 18.0 Å². The molecule has 0 spiro atoms. The predicted molar refractivity (Wildman–Crippen MR) is 151 cm³/mol. The second-order valence-corrected chi connectivity index (χ2v) is 9.23. The zero-order valence-corrected chi connectivity index (χ0v) is 22.3. The molecule has 0 saturated carbocycles. The van der Waals surface area contributed by atoms with Crippen LogP contribution in [0.2, 0.25) is 0 Å². The first-order valence-electron chi connectivity index (χ1n) is 12.5. The van der Waals surface area contributed by atoms with E-state index in [1.54, 1.807) is 13.3 Å². The SMILES string of the molecule is C=CC(=O)Nc1cc(Nc2nccc(N3OCCC3c3ccccc3)n2)c(OC)cc1N(C)CCN(C)C. The van der Waals surface area contributed by atoms with Gasteiger partial charge in [0, 0.05) is 44.9 Å². The lowest BCUT2D eigenvalue weighted by Gasteiger charge is -2.26. The summed E-state index contributed by atoms with van der Waals surface area (Å²) in [7, 11) is 7.61. The molecule has 1 aliphatic rings. The minimum absolute atomic E-state index is 0.0613. The maximum absolute atomic E-state index is 12.2. The highest BCUT2D eigenvalue weighted by Gasteiger charge is 2.29. The molecular weight excluding hydrogens is 482 g/mol. The Balaban J connectivity index is 1.63. The smallest absolute Gasteiger partial charge is 0.247 e. The number of carbonyl (C=O) groups is 1. The Labute approximate surface area is 223 Å². The van der Waals surface area contributed by atoms with E-state index in [1.165, 1.54) is 6.08 Å². The molecule has 10 nitrogen and oxygen atoms in total. The van der Waals surface area contributed by atoms with E-state index in [2.05, 4.69) is 44.1 Å². The second-order valence-electron chi connectivity index (χ2n) is 9.23. The number of nitrogens with one attached hydrogen (secondary N) is 2. The molecule has 1 saturated heterocycles. The van der Waals surface area contributed by atoms with Crippen LogP contribution in [0.4, 0.5) is 28.8 Å². The van der Waals surface area contributed by atoms with Crippen molar-refractivity contribution in [1.29, 1.82) is 0 Å². The average molecular weight is 518 g/mol. The summed E-state index contributed by atoms with van der Waals surface area (Å²) < 4.78 is 5.70. The van der Waals surface area contributed by atoms with Gasteiger partial charge in [-0.05, 0) is 31.8 Å². The summed E-state index contributed by atoms with van der Waals surface area (Å²) in [4.78, 5) is 31.5. The first kappa shape index (κ1) is 26.9. The molecule has 0 bridgehead atoms. The molecule has 1 atom stereocenters. The number of likely N-dealkylation sites (N-methyl/N-ethyl adjacent to an activating group) is 2. The topological polar surface area (TPSA) is 95.1 Å². The Hall–Kier alpha value is -4.15. The fourth-order valence-electron chi connectivity index (χ4n) is 4.23. The Morgan fingerprint density at radius 3 is 2.68 bits per heavy atom. The normalized spacial score (nSPS) is 14.9. The fraction of sp³-hybridized carbons (Fsp3) is 0.321. The van der Waals surface area contributed by atoms with Gasteiger partial charge < -0.3 is 25.2 Å². The number of hydrogen-bond donors (Lipinski definition) is 2. The van der Waals surface area contributed by atoms with Crippen LogP contribution in [0, 0.1) is 0 Å². The van der Waals surface area contributed by atoms with Crippen LogP contribution in [0.3, 0.4) is 0 Å². The van der Waals surface area contributed by atoms with Crippen molar-refractivity contribution >= 4 is 34.7 Å². The van der Waals surface area contributed by atoms with Gasteiger partial charge in [-0.25, -0.2) is 10.0 Å². The number of amides is 1. The van der Waals surface area contributed by atoms with Gasteiger partial charge in [0.25, 0.3) is 0 Å². The van der Waals surface area contributed by atoms with E-state index in [0.29, 0.717) is 35.5 Å². The second kappa shape index (κ2) is 12.4. The maximum atomic E-state index is 12.2. The third-order valence-corrected chi connectivity index (χ3v) is 6.26. The largest absolute Gasteiger partial charge is 0.494 e. The molecule has 10 heteroatoms. The van der Waals surface area contributed by atoms with E-state index in [0.717, 1.165) is 30.8 Å². The summed E-state index contributed by atoms with van der Waals surface area (Å²) in [5, 5.41) is 8.00. The lowest BCUT2D eigenvalue weighted by molar-refractivity contribution is -0.111. The summed E-state index contributed by atoms with van der Waals surface area (Å²) in [6.45, 7) is 5.78. The number of carbonyl (C=O) groups excluding carboxylic acids is 1. The zero-order valence-electron chi connectivity index (χ0n) is 22.3. The van der Waals surface area contributed by atoms with Gasteiger partial charge >= 0.3 is 0 Å². The molecule has 0 radical (unpaired) electrons. The minimum Gasteiger partial charge on any atom is -0.494 e. The summed E-state index contributed by atoms with van der Waals surface area (Å²) >= 11 is 0. The predicted octanol–water partition coefficient (Wildman–Crippen LogP) is 4.23. The third kappa shape index (κ3) is 6.39. The van der Waals surface area contributed by atoms with Crippen LogP contribution in [0.15, 0.2) is 67.4 Å². The van der Waals surface area contributed by atoms with Gasteiger partial charge in [-0.3, -0.25) is 9.63 Å². The monoisotopic (exact) mass is 517 g/mol. The van der Waals surface area contributed by atoms with Gasteiger partial charge in [0.15, 0.2) is 5.82 Å². The van der Waals surface area contributed by atoms with Crippen molar-refractivity contribution in [2.24, 2.45) is 0 Å². The van der Waals surface area contributed by atoms with Gasteiger partial charge in [0.1, 0.15) is 5.75 Å². The van der Waals surface area contributed by atoms with E-state index < -0.39 is 0 Å². The first-order valence-corrected chi connectivity index (χ1v) is 12.5. The molecule has 1 fully saturated rings. The standard InChI is InChI=1S/C28H35N7O3/c1-6-27(36)30-21-18-22(25(37-5)19-24(21)34(4)16-15-33(2)3)31-28-29-14-12-26(32-28)35-23(13-17-38-35)20-10-8-7-9-11-20/h6-12,14,18-19,23H,1,13,15-17H2,2-5H3,(H,30,36)(H,29,31,32). The molecule has 1 amide bonds. The van der Waals surface area contributed by atoms with Crippen molar-refractivity contribution in [3.8, 4) is 5.75 Å². The van der Waals surface area contributed by atoms with Crippen molar-refractivity contribution in [2.45, 2.75) is 12.5 Å². The number of hydrogen-bond acceptors (Lipinski definition) is 9. The fourth-order valence-corrected chi connectivity index (χ4v) is 4.23. The molecular formula is C28H35N7O3. The van der Waals surface area contributed by atoms with Crippen molar-refractivity contribution in [2.75, 3.05) is 68.5 Å². The van der Waals surface area contributed by atoms with Crippen molar-refractivity contribution in [3.05, 3.63) is 72.9 Å². The van der Waals surface area contributed by atoms with Gasteiger partial charge in [0.2, 0.25) is 11.9 Å². The van der Waals surface area contributed by atoms with Crippen molar-refractivity contribution in [1.82, 2.24) is 14.9 Å². The van der Waals surface area contributed by atoms with E-state index in [-0.39, 0.29) is 11.9 Å². The molecule has 1 aromatic heterocycles. The number of ether oxygens (including phenoxy) is 1. The number of rotatable bonds is 11. The van der Waals surface area contributed by atoms with E-state index in [4.69, 9.17) is 14.6 Å². The Kier molecular flexibility index (Phi) is 8.77. The Bertz CT molecular complexity index is 1250. The van der Waals surface area contributed by atoms with E-state index in [9.17, 15) is 4.79 Å². The molecule has 200 valence electrons. The Morgan fingerprint density at radius 1 is 1.18 bits per heavy atom. The molecule has 1 aliphatic heterocycles. The van der Waals surface area contributed by atoms with Crippen molar-refractivity contribution < 1.29 is 14.4 Å². The molecule has 38 heavy (non-hydrogen) atoms. The molecule has 1 unspecified atom stereocenters. The lowest BCUT2D eigenvalue weighted by atomic mass is 10.0. The van der Waals surface area contributed by atoms with Crippen molar-refractivity contribution in [3.63, 3.8) is 0 Å². The summed E-state index contributed by atoms with van der Waals surface area (Å²) in [6.07, 6.45) is 3.79. The number of anilines is 5. The lowest BCUT2D eigenvalue weighted by Crippen LogP contribution is -2.29. The van der Waals surface area contributed by atoms with Crippen LogP contribution in [-0.4, -0.2) is 68.7 Å². The molecule has 2 N–H and O–H groups in total. The van der Waals surface area contributed by atoms with Gasteiger partial charge in [-0.2, -0.15) is 4.98 Å². The molecule has 3 aromatic rings. The molecule has 0 aliphatic carbocycles. The van der Waals surface area contributed by atoms with Crippen LogP contribution in [0.5, 0.6) is 5.75 Å².